The van der Waals surface area contributed by atoms with E-state index in [1.807, 2.05) is 0 Å². The molecule has 0 radical (unpaired) electrons. The van der Waals surface area contributed by atoms with Gasteiger partial charge in [-0.1, -0.05) is 11.6 Å². The summed E-state index contributed by atoms with van der Waals surface area (Å²) in [6.07, 6.45) is -0.283. The van der Waals surface area contributed by atoms with Gasteiger partial charge in [0.15, 0.2) is 0 Å². The monoisotopic (exact) mass is 383 g/mol. The van der Waals surface area contributed by atoms with Crippen molar-refractivity contribution in [1.82, 2.24) is 9.80 Å². The van der Waals surface area contributed by atoms with Gasteiger partial charge < -0.3 is 20.1 Å². The fraction of sp³-hybridized carbons (Fsp3) is 0.471. The summed E-state index contributed by atoms with van der Waals surface area (Å²) in [5.74, 6) is -1.41. The molecule has 1 aliphatic heterocycles. The number of morpholine rings is 1. The summed E-state index contributed by atoms with van der Waals surface area (Å²) in [7, 11) is 1.69. The fourth-order valence-corrected chi connectivity index (χ4v) is 3.00. The molecule has 1 saturated heterocycles. The zero-order valence-corrected chi connectivity index (χ0v) is 15.5. The minimum atomic E-state index is -0.919. The first-order valence-electron chi connectivity index (χ1n) is 8.14. The molecule has 8 nitrogen and oxygen atoms in total. The van der Waals surface area contributed by atoms with Crippen LogP contribution in [0.2, 0.25) is 5.02 Å². The minimum absolute atomic E-state index is 0.0988. The number of ether oxygens (including phenoxy) is 1. The molecule has 0 aliphatic carbocycles. The highest BCUT2D eigenvalue weighted by Crippen LogP contribution is 2.23. The number of hydrogen-bond acceptors (Lipinski definition) is 5. The molecule has 26 heavy (non-hydrogen) atoms. The zero-order valence-electron chi connectivity index (χ0n) is 14.7. The van der Waals surface area contributed by atoms with E-state index >= 15 is 0 Å². The number of aliphatic carboxylic acids is 1. The van der Waals surface area contributed by atoms with E-state index in [1.54, 1.807) is 35.0 Å². The minimum Gasteiger partial charge on any atom is -0.480 e. The van der Waals surface area contributed by atoms with Crippen molar-refractivity contribution in [3.8, 4) is 0 Å². The van der Waals surface area contributed by atoms with Crippen LogP contribution in [0.5, 0.6) is 0 Å². The summed E-state index contributed by atoms with van der Waals surface area (Å²) >= 11 is 6.16. The van der Waals surface area contributed by atoms with E-state index in [0.29, 0.717) is 42.5 Å². The van der Waals surface area contributed by atoms with Crippen LogP contribution in [0.15, 0.2) is 18.2 Å². The number of carboxylic acid groups (broad SMARTS) is 1. The Kier molecular flexibility index (Phi) is 6.96. The second kappa shape index (κ2) is 8.98. The largest absolute Gasteiger partial charge is 0.480 e. The smallest absolute Gasteiger partial charge is 0.317 e. The third-order valence-electron chi connectivity index (χ3n) is 3.86. The van der Waals surface area contributed by atoms with Gasteiger partial charge in [-0.3, -0.25) is 19.3 Å². The molecular formula is C17H22ClN3O5. The van der Waals surface area contributed by atoms with E-state index in [-0.39, 0.29) is 24.5 Å². The summed E-state index contributed by atoms with van der Waals surface area (Å²) in [6.45, 7) is 2.80. The standard InChI is InChI=1S/C17H22ClN3O5/c1-11(22)19-12-3-4-15(18)14(7-12)17(25)21-5-6-26-13(9-21)8-20(2)10-16(23)24/h3-4,7,13H,5-6,8-10H2,1-2H3,(H,19,22)(H,23,24). The predicted molar refractivity (Wildman–Crippen MR) is 96.5 cm³/mol. The van der Waals surface area contributed by atoms with E-state index in [4.69, 9.17) is 21.4 Å². The molecule has 0 aromatic heterocycles. The van der Waals surface area contributed by atoms with Crippen LogP contribution in [0.3, 0.4) is 0 Å². The van der Waals surface area contributed by atoms with Gasteiger partial charge in [0.25, 0.3) is 5.91 Å². The maximum absolute atomic E-state index is 12.8. The molecule has 1 heterocycles. The number of likely N-dealkylation sites (N-methyl/N-ethyl adjacent to an activating group) is 1. The van der Waals surface area contributed by atoms with Gasteiger partial charge in [0.05, 0.1) is 29.8 Å². The topological polar surface area (TPSA) is 99.2 Å². The first kappa shape index (κ1) is 20.2. The lowest BCUT2D eigenvalue weighted by molar-refractivity contribution is -0.138. The van der Waals surface area contributed by atoms with Crippen LogP contribution in [0.1, 0.15) is 17.3 Å². The Bertz CT molecular complexity index is 697. The average Bonchev–Trinajstić information content (AvgIpc) is 2.55. The molecule has 0 bridgehead atoms. The van der Waals surface area contributed by atoms with Crippen molar-refractivity contribution in [1.29, 1.82) is 0 Å². The lowest BCUT2D eigenvalue weighted by atomic mass is 10.1. The van der Waals surface area contributed by atoms with Crippen molar-refractivity contribution >= 4 is 35.1 Å². The van der Waals surface area contributed by atoms with Crippen molar-refractivity contribution in [2.75, 3.05) is 45.2 Å². The molecule has 142 valence electrons. The number of carbonyl (C=O) groups is 3. The van der Waals surface area contributed by atoms with Gasteiger partial charge in [-0.2, -0.15) is 0 Å². The maximum atomic E-state index is 12.8. The van der Waals surface area contributed by atoms with Gasteiger partial charge in [-0.25, -0.2) is 0 Å². The zero-order chi connectivity index (χ0) is 19.3. The maximum Gasteiger partial charge on any atom is 0.317 e. The molecule has 1 aromatic rings. The van der Waals surface area contributed by atoms with Crippen LogP contribution in [0.4, 0.5) is 5.69 Å². The average molecular weight is 384 g/mol. The Morgan fingerprint density at radius 2 is 2.15 bits per heavy atom. The van der Waals surface area contributed by atoms with E-state index in [1.165, 1.54) is 6.92 Å². The molecule has 2 N–H and O–H groups in total. The molecule has 1 aliphatic rings. The van der Waals surface area contributed by atoms with Crippen LogP contribution >= 0.6 is 11.6 Å². The first-order valence-corrected chi connectivity index (χ1v) is 8.52. The van der Waals surface area contributed by atoms with Crippen LogP contribution in [-0.4, -0.2) is 78.6 Å². The predicted octanol–water partition coefficient (Wildman–Crippen LogP) is 1.16. The van der Waals surface area contributed by atoms with Gasteiger partial charge in [0.2, 0.25) is 5.91 Å². The summed E-state index contributed by atoms with van der Waals surface area (Å²) in [5, 5.41) is 11.8. The molecule has 9 heteroatoms. The summed E-state index contributed by atoms with van der Waals surface area (Å²) in [4.78, 5) is 38.1. The van der Waals surface area contributed by atoms with E-state index in [9.17, 15) is 14.4 Å². The molecule has 0 saturated carbocycles. The Hall–Kier alpha value is -2.16. The molecule has 1 unspecified atom stereocenters. The number of halogens is 1. The van der Waals surface area contributed by atoms with Crippen molar-refractivity contribution in [3.05, 3.63) is 28.8 Å². The van der Waals surface area contributed by atoms with Gasteiger partial charge in [-0.15, -0.1) is 0 Å². The van der Waals surface area contributed by atoms with E-state index in [2.05, 4.69) is 5.32 Å². The Balaban J connectivity index is 2.06. The summed E-state index contributed by atoms with van der Waals surface area (Å²) in [5.41, 5.74) is 0.800. The third kappa shape index (κ3) is 5.69. The fourth-order valence-electron chi connectivity index (χ4n) is 2.80. The van der Waals surface area contributed by atoms with Gasteiger partial charge in [0.1, 0.15) is 0 Å². The highest BCUT2D eigenvalue weighted by molar-refractivity contribution is 6.34. The number of carboxylic acids is 1. The van der Waals surface area contributed by atoms with Crippen molar-refractivity contribution in [2.24, 2.45) is 0 Å². The number of hydrogen-bond donors (Lipinski definition) is 2. The second-order valence-electron chi connectivity index (χ2n) is 6.21. The van der Waals surface area contributed by atoms with E-state index in [0.717, 1.165) is 0 Å². The van der Waals surface area contributed by atoms with Gasteiger partial charge in [-0.05, 0) is 25.2 Å². The van der Waals surface area contributed by atoms with Crippen molar-refractivity contribution in [3.63, 3.8) is 0 Å². The quantitative estimate of drug-likeness (QED) is 0.764. The molecule has 1 atom stereocenters. The third-order valence-corrected chi connectivity index (χ3v) is 4.19. The number of nitrogens with one attached hydrogen (secondary N) is 1. The van der Waals surface area contributed by atoms with Crippen LogP contribution in [0.25, 0.3) is 0 Å². The molecule has 2 rings (SSSR count). The van der Waals surface area contributed by atoms with Crippen LogP contribution in [-0.2, 0) is 14.3 Å². The number of anilines is 1. The highest BCUT2D eigenvalue weighted by Gasteiger charge is 2.27. The summed E-state index contributed by atoms with van der Waals surface area (Å²) < 4.78 is 5.63. The number of nitrogens with zero attached hydrogens (tertiary/aromatic N) is 2. The molecular weight excluding hydrogens is 362 g/mol. The number of amides is 2. The molecule has 1 aromatic carbocycles. The van der Waals surface area contributed by atoms with Crippen LogP contribution in [0, 0.1) is 0 Å². The SMILES string of the molecule is CC(=O)Nc1ccc(Cl)c(C(=O)N2CCOC(CN(C)CC(=O)O)C2)c1. The summed E-state index contributed by atoms with van der Waals surface area (Å²) in [6, 6.07) is 4.75. The lowest BCUT2D eigenvalue weighted by Crippen LogP contribution is -2.49. The van der Waals surface area contributed by atoms with Gasteiger partial charge >= 0.3 is 5.97 Å². The number of rotatable bonds is 6. The number of benzene rings is 1. The van der Waals surface area contributed by atoms with Crippen molar-refractivity contribution in [2.45, 2.75) is 13.0 Å². The first-order chi connectivity index (χ1) is 12.3. The molecule has 2 amide bonds. The van der Waals surface area contributed by atoms with Crippen LogP contribution < -0.4 is 5.32 Å². The number of carbonyl (C=O) groups excluding carboxylic acids is 2. The normalized spacial score (nSPS) is 17.2. The van der Waals surface area contributed by atoms with Gasteiger partial charge in [0, 0.05) is 32.2 Å². The molecule has 1 fully saturated rings. The Morgan fingerprint density at radius 1 is 1.42 bits per heavy atom. The molecule has 0 spiro atoms. The highest BCUT2D eigenvalue weighted by atomic mass is 35.5. The van der Waals surface area contributed by atoms with E-state index < -0.39 is 5.97 Å². The Labute approximate surface area is 156 Å². The van der Waals surface area contributed by atoms with Crippen molar-refractivity contribution < 1.29 is 24.2 Å². The second-order valence-corrected chi connectivity index (χ2v) is 6.62. The lowest BCUT2D eigenvalue weighted by Gasteiger charge is -2.34. The Morgan fingerprint density at radius 3 is 2.81 bits per heavy atom.